The average molecular weight is 314 g/mol. The quantitative estimate of drug-likeness (QED) is 0.924. The second-order valence-electron chi connectivity index (χ2n) is 4.79. The monoisotopic (exact) mass is 313 g/mol. The molecule has 1 fully saturated rings. The summed E-state index contributed by atoms with van der Waals surface area (Å²) in [6.45, 7) is 2.58. The van der Waals surface area contributed by atoms with Crippen molar-refractivity contribution in [2.24, 2.45) is 5.73 Å². The van der Waals surface area contributed by atoms with Crippen molar-refractivity contribution >= 4 is 15.9 Å². The summed E-state index contributed by atoms with van der Waals surface area (Å²) in [6, 6.07) is 4.09. The molecular formula is C14H20BrNO2. The van der Waals surface area contributed by atoms with Gasteiger partial charge >= 0.3 is 0 Å². The van der Waals surface area contributed by atoms with Gasteiger partial charge in [-0.25, -0.2) is 0 Å². The molecule has 1 aliphatic rings. The molecular weight excluding hydrogens is 294 g/mol. The van der Waals surface area contributed by atoms with Crippen LogP contribution in [0.4, 0.5) is 0 Å². The molecule has 0 bridgehead atoms. The van der Waals surface area contributed by atoms with Gasteiger partial charge in [-0.15, -0.1) is 0 Å². The molecule has 2 N–H and O–H groups in total. The van der Waals surface area contributed by atoms with Crippen LogP contribution in [-0.4, -0.2) is 13.7 Å². The van der Waals surface area contributed by atoms with E-state index in [0.717, 1.165) is 34.4 Å². The summed E-state index contributed by atoms with van der Waals surface area (Å²) in [7, 11) is 1.65. The fourth-order valence-corrected chi connectivity index (χ4v) is 3.21. The van der Waals surface area contributed by atoms with Crippen molar-refractivity contribution < 1.29 is 9.47 Å². The van der Waals surface area contributed by atoms with Crippen molar-refractivity contribution in [2.75, 3.05) is 13.7 Å². The molecule has 2 rings (SSSR count). The molecule has 0 unspecified atom stereocenters. The number of nitrogens with two attached hydrogens (primary N) is 1. The van der Waals surface area contributed by atoms with Crippen molar-refractivity contribution in [2.45, 2.75) is 38.1 Å². The number of ether oxygens (including phenoxy) is 2. The van der Waals surface area contributed by atoms with Gasteiger partial charge in [0.25, 0.3) is 0 Å². The first kappa shape index (κ1) is 13.7. The Hall–Kier alpha value is -0.740. The van der Waals surface area contributed by atoms with Crippen LogP contribution in [0, 0.1) is 0 Å². The lowest BCUT2D eigenvalue weighted by Crippen LogP contribution is -2.33. The largest absolute Gasteiger partial charge is 0.492 e. The standard InChI is InChI=1S/C14H20BrNO2/c1-3-18-12-9-10(8-11(15)13(12)17-2)14(16)6-4-5-7-14/h8-9H,3-7,16H2,1-2H3. The number of hydrogen-bond acceptors (Lipinski definition) is 3. The van der Waals surface area contributed by atoms with Crippen LogP contribution >= 0.6 is 15.9 Å². The highest BCUT2D eigenvalue weighted by Gasteiger charge is 2.32. The first-order chi connectivity index (χ1) is 8.60. The second-order valence-corrected chi connectivity index (χ2v) is 5.64. The van der Waals surface area contributed by atoms with E-state index in [2.05, 4.69) is 22.0 Å². The van der Waals surface area contributed by atoms with Gasteiger partial charge in [0.05, 0.1) is 18.2 Å². The Morgan fingerprint density at radius 2 is 2.00 bits per heavy atom. The summed E-state index contributed by atoms with van der Waals surface area (Å²) in [4.78, 5) is 0. The van der Waals surface area contributed by atoms with Crippen molar-refractivity contribution in [1.82, 2.24) is 0 Å². The topological polar surface area (TPSA) is 44.5 Å². The maximum atomic E-state index is 6.49. The van der Waals surface area contributed by atoms with Crippen LogP contribution in [0.3, 0.4) is 0 Å². The summed E-state index contributed by atoms with van der Waals surface area (Å²) in [5.74, 6) is 1.50. The fraction of sp³-hybridized carbons (Fsp3) is 0.571. The zero-order valence-corrected chi connectivity index (χ0v) is 12.5. The maximum Gasteiger partial charge on any atom is 0.174 e. The van der Waals surface area contributed by atoms with Gasteiger partial charge in [-0.05, 0) is 53.4 Å². The number of methoxy groups -OCH3 is 1. The highest BCUT2D eigenvalue weighted by molar-refractivity contribution is 9.10. The zero-order valence-electron chi connectivity index (χ0n) is 11.0. The molecule has 18 heavy (non-hydrogen) atoms. The highest BCUT2D eigenvalue weighted by Crippen LogP contribution is 2.43. The Morgan fingerprint density at radius 1 is 1.33 bits per heavy atom. The SMILES string of the molecule is CCOc1cc(C2(N)CCCC2)cc(Br)c1OC. The van der Waals surface area contributed by atoms with Gasteiger partial charge in [0.15, 0.2) is 11.5 Å². The van der Waals surface area contributed by atoms with E-state index in [-0.39, 0.29) is 5.54 Å². The minimum atomic E-state index is -0.208. The molecule has 0 atom stereocenters. The molecule has 0 aliphatic heterocycles. The first-order valence-corrected chi connectivity index (χ1v) is 7.19. The van der Waals surface area contributed by atoms with Gasteiger partial charge in [-0.3, -0.25) is 0 Å². The normalized spacial score (nSPS) is 17.8. The van der Waals surface area contributed by atoms with Gasteiger partial charge in [-0.2, -0.15) is 0 Å². The third-order valence-electron chi connectivity index (χ3n) is 3.58. The number of benzene rings is 1. The molecule has 1 aromatic rings. The molecule has 0 radical (unpaired) electrons. The highest BCUT2D eigenvalue weighted by atomic mass is 79.9. The van der Waals surface area contributed by atoms with E-state index in [9.17, 15) is 0 Å². The van der Waals surface area contributed by atoms with E-state index in [1.807, 2.05) is 13.0 Å². The van der Waals surface area contributed by atoms with E-state index in [1.165, 1.54) is 12.8 Å². The van der Waals surface area contributed by atoms with Crippen LogP contribution in [0.15, 0.2) is 16.6 Å². The first-order valence-electron chi connectivity index (χ1n) is 6.40. The van der Waals surface area contributed by atoms with Gasteiger partial charge in [0, 0.05) is 5.54 Å². The van der Waals surface area contributed by atoms with E-state index in [4.69, 9.17) is 15.2 Å². The summed E-state index contributed by atoms with van der Waals surface area (Å²) in [6.07, 6.45) is 4.48. The van der Waals surface area contributed by atoms with Crippen LogP contribution < -0.4 is 15.2 Å². The van der Waals surface area contributed by atoms with Crippen LogP contribution in [0.5, 0.6) is 11.5 Å². The Bertz CT molecular complexity index is 428. The minimum Gasteiger partial charge on any atom is -0.492 e. The lowest BCUT2D eigenvalue weighted by atomic mass is 9.89. The van der Waals surface area contributed by atoms with Crippen molar-refractivity contribution in [3.05, 3.63) is 22.2 Å². The summed E-state index contributed by atoms with van der Waals surface area (Å²) in [5, 5.41) is 0. The van der Waals surface area contributed by atoms with Gasteiger partial charge < -0.3 is 15.2 Å². The van der Waals surface area contributed by atoms with Crippen LogP contribution in [0.25, 0.3) is 0 Å². The van der Waals surface area contributed by atoms with E-state index < -0.39 is 0 Å². The average Bonchev–Trinajstić information content (AvgIpc) is 2.77. The summed E-state index contributed by atoms with van der Waals surface area (Å²) < 4.78 is 11.9. The molecule has 1 aliphatic carbocycles. The predicted octanol–water partition coefficient (Wildman–Crippen LogP) is 3.58. The van der Waals surface area contributed by atoms with Crippen LogP contribution in [0.2, 0.25) is 0 Å². The Morgan fingerprint density at radius 3 is 2.56 bits per heavy atom. The molecule has 0 spiro atoms. The lowest BCUT2D eigenvalue weighted by Gasteiger charge is -2.26. The fourth-order valence-electron chi connectivity index (χ4n) is 2.61. The van der Waals surface area contributed by atoms with Crippen molar-refractivity contribution in [3.8, 4) is 11.5 Å². The summed E-state index contributed by atoms with van der Waals surface area (Å²) >= 11 is 3.54. The molecule has 4 heteroatoms. The van der Waals surface area contributed by atoms with Crippen LogP contribution in [0.1, 0.15) is 38.2 Å². The number of halogens is 1. The van der Waals surface area contributed by atoms with Crippen molar-refractivity contribution in [1.29, 1.82) is 0 Å². The van der Waals surface area contributed by atoms with E-state index in [0.29, 0.717) is 6.61 Å². The molecule has 0 saturated heterocycles. The third-order valence-corrected chi connectivity index (χ3v) is 4.17. The molecule has 1 aromatic carbocycles. The summed E-state index contributed by atoms with van der Waals surface area (Å²) in [5.41, 5.74) is 7.42. The number of rotatable bonds is 4. The Labute approximate surface area is 117 Å². The van der Waals surface area contributed by atoms with Gasteiger partial charge in [0.1, 0.15) is 0 Å². The minimum absolute atomic E-state index is 0.208. The second kappa shape index (κ2) is 5.49. The van der Waals surface area contributed by atoms with E-state index >= 15 is 0 Å². The zero-order chi connectivity index (χ0) is 13.2. The predicted molar refractivity (Wildman–Crippen MR) is 76.2 cm³/mol. The van der Waals surface area contributed by atoms with Gasteiger partial charge in [-0.1, -0.05) is 12.8 Å². The van der Waals surface area contributed by atoms with Crippen LogP contribution in [-0.2, 0) is 5.54 Å². The number of hydrogen-bond donors (Lipinski definition) is 1. The van der Waals surface area contributed by atoms with Crippen molar-refractivity contribution in [3.63, 3.8) is 0 Å². The maximum absolute atomic E-state index is 6.49. The molecule has 0 heterocycles. The Kier molecular flexibility index (Phi) is 4.17. The molecule has 100 valence electrons. The molecule has 0 amide bonds. The third kappa shape index (κ3) is 2.50. The molecule has 1 saturated carbocycles. The Balaban J connectivity index is 2.43. The molecule has 3 nitrogen and oxygen atoms in total. The lowest BCUT2D eigenvalue weighted by molar-refractivity contribution is 0.308. The smallest absolute Gasteiger partial charge is 0.174 e. The van der Waals surface area contributed by atoms with Gasteiger partial charge in [0.2, 0.25) is 0 Å². The van der Waals surface area contributed by atoms with E-state index in [1.54, 1.807) is 7.11 Å². The molecule has 0 aromatic heterocycles.